The molecule has 1 heterocycles. The first-order valence-electron chi connectivity index (χ1n) is 5.23. The van der Waals surface area contributed by atoms with Crippen LogP contribution in [0.1, 0.15) is 33.1 Å². The molecular weight excluding hydrogens is 148 g/mol. The number of hydrogen-bond acceptors (Lipinski definition) is 2. The van der Waals surface area contributed by atoms with Gasteiger partial charge in [-0.15, -0.1) is 0 Å². The van der Waals surface area contributed by atoms with Crippen LogP contribution in [-0.2, 0) is 0 Å². The van der Waals surface area contributed by atoms with Crippen molar-refractivity contribution < 1.29 is 0 Å². The van der Waals surface area contributed by atoms with Crippen LogP contribution in [0.4, 0.5) is 0 Å². The van der Waals surface area contributed by atoms with Crippen molar-refractivity contribution in [3.63, 3.8) is 0 Å². The zero-order valence-corrected chi connectivity index (χ0v) is 8.40. The Hall–Kier alpha value is -0.0800. The fourth-order valence-electron chi connectivity index (χ4n) is 1.65. The number of hydrogen-bond donors (Lipinski definition) is 2. The lowest BCUT2D eigenvalue weighted by atomic mass is 10.1. The van der Waals surface area contributed by atoms with Crippen molar-refractivity contribution in [2.75, 3.05) is 19.6 Å². The Balaban J connectivity index is 1.88. The number of rotatable bonds is 5. The first kappa shape index (κ1) is 10.0. The van der Waals surface area contributed by atoms with Gasteiger partial charge in [0.1, 0.15) is 0 Å². The summed E-state index contributed by atoms with van der Waals surface area (Å²) in [5.74, 6) is 0.855. The van der Waals surface area contributed by atoms with Crippen LogP contribution in [0, 0.1) is 5.92 Å². The van der Waals surface area contributed by atoms with E-state index >= 15 is 0 Å². The molecule has 0 saturated carbocycles. The fourth-order valence-corrected chi connectivity index (χ4v) is 1.65. The van der Waals surface area contributed by atoms with E-state index < -0.39 is 0 Å². The lowest BCUT2D eigenvalue weighted by Gasteiger charge is -2.11. The van der Waals surface area contributed by atoms with Crippen molar-refractivity contribution in [1.29, 1.82) is 0 Å². The first-order chi connectivity index (χ1) is 5.79. The third-order valence-corrected chi connectivity index (χ3v) is 2.45. The molecule has 1 fully saturated rings. The molecule has 12 heavy (non-hydrogen) atoms. The van der Waals surface area contributed by atoms with Crippen molar-refractivity contribution in [2.24, 2.45) is 5.92 Å². The molecule has 2 N–H and O–H groups in total. The Morgan fingerprint density at radius 1 is 1.50 bits per heavy atom. The van der Waals surface area contributed by atoms with Crippen LogP contribution in [0.2, 0.25) is 0 Å². The Kier molecular flexibility index (Phi) is 4.62. The Labute approximate surface area is 76.1 Å². The van der Waals surface area contributed by atoms with Gasteiger partial charge in [-0.1, -0.05) is 13.8 Å². The van der Waals surface area contributed by atoms with Gasteiger partial charge in [-0.2, -0.15) is 0 Å². The van der Waals surface area contributed by atoms with Crippen LogP contribution >= 0.6 is 0 Å². The molecule has 0 amide bonds. The summed E-state index contributed by atoms with van der Waals surface area (Å²) >= 11 is 0. The maximum absolute atomic E-state index is 3.57. The van der Waals surface area contributed by atoms with Crippen LogP contribution in [0.5, 0.6) is 0 Å². The summed E-state index contributed by atoms with van der Waals surface area (Å²) in [5, 5.41) is 6.93. The molecule has 0 aliphatic carbocycles. The Morgan fingerprint density at radius 2 is 2.33 bits per heavy atom. The summed E-state index contributed by atoms with van der Waals surface area (Å²) in [5.41, 5.74) is 0. The maximum atomic E-state index is 3.57. The third-order valence-electron chi connectivity index (χ3n) is 2.45. The largest absolute Gasteiger partial charge is 0.315 e. The topological polar surface area (TPSA) is 24.1 Å². The minimum atomic E-state index is 0.747. The monoisotopic (exact) mass is 170 g/mol. The van der Waals surface area contributed by atoms with Gasteiger partial charge in [0.2, 0.25) is 0 Å². The molecular formula is C10H22N2. The van der Waals surface area contributed by atoms with Crippen molar-refractivity contribution in [3.8, 4) is 0 Å². The smallest absolute Gasteiger partial charge is 0.0204 e. The average molecular weight is 170 g/mol. The molecule has 2 heteroatoms. The zero-order chi connectivity index (χ0) is 8.81. The van der Waals surface area contributed by atoms with Gasteiger partial charge in [-0.25, -0.2) is 0 Å². The van der Waals surface area contributed by atoms with E-state index in [1.807, 2.05) is 0 Å². The van der Waals surface area contributed by atoms with Crippen molar-refractivity contribution in [1.82, 2.24) is 10.6 Å². The maximum Gasteiger partial charge on any atom is 0.0204 e. The molecule has 0 bridgehead atoms. The summed E-state index contributed by atoms with van der Waals surface area (Å²) in [6.45, 7) is 8.14. The standard InChI is InChI=1S/C10H22N2/c1-9(2)4-3-6-12-10-5-7-11-8-10/h9-12H,3-8H2,1-2H3. The molecule has 1 saturated heterocycles. The molecule has 0 aromatic carbocycles. The zero-order valence-electron chi connectivity index (χ0n) is 8.40. The van der Waals surface area contributed by atoms with Crippen LogP contribution in [-0.4, -0.2) is 25.7 Å². The van der Waals surface area contributed by atoms with Gasteiger partial charge in [0.15, 0.2) is 0 Å². The molecule has 1 rings (SSSR count). The molecule has 72 valence electrons. The van der Waals surface area contributed by atoms with E-state index in [-0.39, 0.29) is 0 Å². The molecule has 0 aromatic rings. The van der Waals surface area contributed by atoms with Crippen molar-refractivity contribution >= 4 is 0 Å². The molecule has 1 aliphatic heterocycles. The van der Waals surface area contributed by atoms with E-state index in [2.05, 4.69) is 24.5 Å². The molecule has 0 spiro atoms. The predicted molar refractivity (Wildman–Crippen MR) is 53.3 cm³/mol. The Morgan fingerprint density at radius 3 is 2.92 bits per heavy atom. The second kappa shape index (κ2) is 5.55. The summed E-state index contributed by atoms with van der Waals surface area (Å²) in [6.07, 6.45) is 3.99. The highest BCUT2D eigenvalue weighted by Gasteiger charge is 2.12. The third kappa shape index (κ3) is 4.07. The van der Waals surface area contributed by atoms with Gasteiger partial charge in [0, 0.05) is 12.6 Å². The van der Waals surface area contributed by atoms with Crippen LogP contribution in [0.15, 0.2) is 0 Å². The second-order valence-electron chi connectivity index (χ2n) is 4.18. The molecule has 2 nitrogen and oxygen atoms in total. The van der Waals surface area contributed by atoms with Crippen LogP contribution < -0.4 is 10.6 Å². The van der Waals surface area contributed by atoms with Gasteiger partial charge in [0.05, 0.1) is 0 Å². The highest BCUT2D eigenvalue weighted by Crippen LogP contribution is 2.03. The molecule has 1 aliphatic rings. The molecule has 1 unspecified atom stereocenters. The van der Waals surface area contributed by atoms with Gasteiger partial charge < -0.3 is 10.6 Å². The summed E-state index contributed by atoms with van der Waals surface area (Å²) in [4.78, 5) is 0. The highest BCUT2D eigenvalue weighted by molar-refractivity contribution is 4.76. The highest BCUT2D eigenvalue weighted by atomic mass is 15.0. The average Bonchev–Trinajstić information content (AvgIpc) is 2.49. The van der Waals surface area contributed by atoms with Gasteiger partial charge in [-0.3, -0.25) is 0 Å². The summed E-state index contributed by atoms with van der Waals surface area (Å²) in [7, 11) is 0. The van der Waals surface area contributed by atoms with Crippen molar-refractivity contribution in [2.45, 2.75) is 39.2 Å². The number of nitrogens with one attached hydrogen (secondary N) is 2. The molecule has 1 atom stereocenters. The quantitative estimate of drug-likeness (QED) is 0.609. The SMILES string of the molecule is CC(C)CCCNC1CCNC1. The van der Waals surface area contributed by atoms with Crippen LogP contribution in [0.25, 0.3) is 0 Å². The molecule has 0 aromatic heterocycles. The van der Waals surface area contributed by atoms with E-state index in [1.54, 1.807) is 0 Å². The van der Waals surface area contributed by atoms with E-state index in [0.717, 1.165) is 12.0 Å². The van der Waals surface area contributed by atoms with Crippen LogP contribution in [0.3, 0.4) is 0 Å². The predicted octanol–water partition coefficient (Wildman–Crippen LogP) is 1.37. The van der Waals surface area contributed by atoms with E-state index in [1.165, 1.54) is 38.9 Å². The van der Waals surface area contributed by atoms with E-state index in [4.69, 9.17) is 0 Å². The Bertz CT molecular complexity index is 106. The summed E-state index contributed by atoms with van der Waals surface area (Å²) < 4.78 is 0. The first-order valence-corrected chi connectivity index (χ1v) is 5.23. The van der Waals surface area contributed by atoms with Gasteiger partial charge in [0.25, 0.3) is 0 Å². The minimum absolute atomic E-state index is 0.747. The second-order valence-corrected chi connectivity index (χ2v) is 4.18. The normalized spacial score (nSPS) is 23.8. The summed E-state index contributed by atoms with van der Waals surface area (Å²) in [6, 6.07) is 0.747. The fraction of sp³-hybridized carbons (Fsp3) is 1.00. The minimum Gasteiger partial charge on any atom is -0.315 e. The van der Waals surface area contributed by atoms with E-state index in [9.17, 15) is 0 Å². The molecule has 0 radical (unpaired) electrons. The lowest BCUT2D eigenvalue weighted by molar-refractivity contribution is 0.488. The van der Waals surface area contributed by atoms with Crippen molar-refractivity contribution in [3.05, 3.63) is 0 Å². The lowest BCUT2D eigenvalue weighted by Crippen LogP contribution is -2.31. The van der Waals surface area contributed by atoms with Gasteiger partial charge >= 0.3 is 0 Å². The van der Waals surface area contributed by atoms with E-state index in [0.29, 0.717) is 0 Å². The van der Waals surface area contributed by atoms with Gasteiger partial charge in [-0.05, 0) is 38.3 Å².